The number of carbonyl (C=O) groups is 2. The molecule has 0 aromatic rings. The fourth-order valence-corrected chi connectivity index (χ4v) is 1.34. The molecule has 0 radical (unpaired) electrons. The molecule has 0 heterocycles. The highest BCUT2D eigenvalue weighted by molar-refractivity contribution is 5.94. The molecule has 0 fully saturated rings. The lowest BCUT2D eigenvalue weighted by atomic mass is 10.4. The van der Waals surface area contributed by atoms with Crippen molar-refractivity contribution < 1.29 is 18.6 Å². The van der Waals surface area contributed by atoms with Crippen molar-refractivity contribution in [2.24, 2.45) is 0 Å². The SMILES string of the molecule is C=CC(=O)[N+](C)(C)C(=O)C=C.C=CC[N+](C)(C)CC=C.Cl. The van der Waals surface area contributed by atoms with Crippen LogP contribution in [0.2, 0.25) is 0 Å². The molecule has 5 heteroatoms. The van der Waals surface area contributed by atoms with Crippen LogP contribution < -0.4 is 0 Å². The van der Waals surface area contributed by atoms with Crippen molar-refractivity contribution >= 4 is 24.2 Å². The maximum Gasteiger partial charge on any atom is 0.345 e. The topological polar surface area (TPSA) is 34.1 Å². The average Bonchev–Trinajstić information content (AvgIpc) is 2.37. The summed E-state index contributed by atoms with van der Waals surface area (Å²) in [5, 5.41) is 0. The molecule has 120 valence electrons. The molecule has 0 rings (SSSR count). The van der Waals surface area contributed by atoms with Crippen molar-refractivity contribution in [3.8, 4) is 0 Å². The maximum absolute atomic E-state index is 11.0. The lowest BCUT2D eigenvalue weighted by Gasteiger charge is -2.26. The minimum atomic E-state index is -0.354. The smallest absolute Gasteiger partial charge is 0.322 e. The average molecular weight is 317 g/mol. The summed E-state index contributed by atoms with van der Waals surface area (Å²) in [6, 6.07) is 0. The zero-order valence-corrected chi connectivity index (χ0v) is 14.5. The number of rotatable bonds is 6. The first kappa shape index (κ1) is 24.5. The van der Waals surface area contributed by atoms with Gasteiger partial charge in [-0.25, -0.2) is 9.59 Å². The van der Waals surface area contributed by atoms with E-state index in [-0.39, 0.29) is 28.7 Å². The Morgan fingerprint density at radius 2 is 1.10 bits per heavy atom. The second-order valence-corrected chi connectivity index (χ2v) is 5.42. The minimum Gasteiger partial charge on any atom is -0.322 e. The van der Waals surface area contributed by atoms with E-state index in [1.807, 2.05) is 12.2 Å². The van der Waals surface area contributed by atoms with Crippen LogP contribution in [0.3, 0.4) is 0 Å². The Morgan fingerprint density at radius 1 is 0.810 bits per heavy atom. The predicted octanol–water partition coefficient (Wildman–Crippen LogP) is 2.34. The maximum atomic E-state index is 11.0. The Hall–Kier alpha value is -1.49. The number of hydrogen-bond donors (Lipinski definition) is 0. The molecule has 0 spiro atoms. The Bertz CT molecular complexity index is 365. The highest BCUT2D eigenvalue weighted by atomic mass is 35.5. The Balaban J connectivity index is -0.000000300. The van der Waals surface area contributed by atoms with E-state index in [0.717, 1.165) is 29.7 Å². The fraction of sp³-hybridized carbons (Fsp3) is 0.375. The number of hydrogen-bond acceptors (Lipinski definition) is 2. The number of halogens is 1. The Labute approximate surface area is 135 Å². The van der Waals surface area contributed by atoms with Gasteiger partial charge in [-0.05, 0) is 12.2 Å². The van der Waals surface area contributed by atoms with Gasteiger partial charge in [0.05, 0.1) is 41.3 Å². The number of nitrogens with zero attached hydrogens (tertiary/aromatic N) is 2. The summed E-state index contributed by atoms with van der Waals surface area (Å²) in [5.41, 5.74) is 0. The molecule has 0 N–H and O–H groups in total. The molecular weight excluding hydrogens is 288 g/mol. The zero-order valence-electron chi connectivity index (χ0n) is 13.7. The van der Waals surface area contributed by atoms with E-state index in [4.69, 9.17) is 0 Å². The van der Waals surface area contributed by atoms with Gasteiger partial charge in [-0.2, -0.15) is 4.48 Å². The first-order chi connectivity index (χ1) is 9.08. The van der Waals surface area contributed by atoms with Gasteiger partial charge in [0, 0.05) is 12.2 Å². The van der Waals surface area contributed by atoms with E-state index >= 15 is 0 Å². The summed E-state index contributed by atoms with van der Waals surface area (Å²) in [5.74, 6) is -0.676. The third kappa shape index (κ3) is 9.96. The van der Waals surface area contributed by atoms with Crippen LogP contribution in [0.4, 0.5) is 0 Å². The molecule has 0 aromatic carbocycles. The second-order valence-electron chi connectivity index (χ2n) is 5.42. The summed E-state index contributed by atoms with van der Waals surface area (Å²) in [4.78, 5) is 22.0. The van der Waals surface area contributed by atoms with Crippen LogP contribution in [0.15, 0.2) is 50.6 Å². The molecule has 0 bridgehead atoms. The van der Waals surface area contributed by atoms with Gasteiger partial charge < -0.3 is 4.48 Å². The normalized spacial score (nSPS) is 10.1. The van der Waals surface area contributed by atoms with Crippen LogP contribution in [-0.2, 0) is 9.59 Å². The van der Waals surface area contributed by atoms with E-state index in [1.54, 1.807) is 0 Å². The van der Waals surface area contributed by atoms with E-state index in [0.29, 0.717) is 0 Å². The van der Waals surface area contributed by atoms with Crippen LogP contribution in [-0.4, -0.2) is 62.1 Å². The highest BCUT2D eigenvalue weighted by Crippen LogP contribution is 2.00. The third-order valence-electron chi connectivity index (χ3n) is 2.70. The second kappa shape index (κ2) is 11.2. The van der Waals surface area contributed by atoms with Gasteiger partial charge in [0.1, 0.15) is 0 Å². The van der Waals surface area contributed by atoms with Gasteiger partial charge in [0.25, 0.3) is 0 Å². The molecule has 4 nitrogen and oxygen atoms in total. The van der Waals surface area contributed by atoms with Crippen molar-refractivity contribution in [1.82, 2.24) is 0 Å². The largest absolute Gasteiger partial charge is 0.345 e. The fourth-order valence-electron chi connectivity index (χ4n) is 1.34. The molecule has 0 aliphatic heterocycles. The lowest BCUT2D eigenvalue weighted by Crippen LogP contribution is -2.48. The molecule has 2 amide bonds. The first-order valence-corrected chi connectivity index (χ1v) is 6.30. The van der Waals surface area contributed by atoms with Gasteiger partial charge in [0.2, 0.25) is 0 Å². The van der Waals surface area contributed by atoms with Crippen LogP contribution in [0, 0.1) is 0 Å². The molecule has 0 atom stereocenters. The zero-order chi connectivity index (χ0) is 16.4. The van der Waals surface area contributed by atoms with Crippen LogP contribution in [0.5, 0.6) is 0 Å². The summed E-state index contributed by atoms with van der Waals surface area (Å²) in [6.07, 6.45) is 6.12. The number of carbonyl (C=O) groups excluding carboxylic acids is 2. The first-order valence-electron chi connectivity index (χ1n) is 6.30. The quantitative estimate of drug-likeness (QED) is 0.428. The van der Waals surface area contributed by atoms with Crippen LogP contribution in [0.25, 0.3) is 0 Å². The van der Waals surface area contributed by atoms with Gasteiger partial charge >= 0.3 is 11.8 Å². The summed E-state index contributed by atoms with van der Waals surface area (Å²) in [7, 11) is 7.30. The highest BCUT2D eigenvalue weighted by Gasteiger charge is 2.30. The van der Waals surface area contributed by atoms with Gasteiger partial charge in [-0.1, -0.05) is 26.3 Å². The van der Waals surface area contributed by atoms with E-state index in [1.165, 1.54) is 14.1 Å². The number of quaternary nitrogens is 2. The Morgan fingerprint density at radius 3 is 1.29 bits per heavy atom. The monoisotopic (exact) mass is 316 g/mol. The van der Waals surface area contributed by atoms with Crippen LogP contribution in [0.1, 0.15) is 0 Å². The molecule has 0 aromatic heterocycles. The summed E-state index contributed by atoms with van der Waals surface area (Å²) < 4.78 is 0.597. The summed E-state index contributed by atoms with van der Waals surface area (Å²) in [6.45, 7) is 16.0. The molecule has 0 saturated carbocycles. The molecule has 0 unspecified atom stereocenters. The van der Waals surface area contributed by atoms with Gasteiger partial charge in [-0.15, -0.1) is 12.4 Å². The minimum absolute atomic E-state index is 0. The van der Waals surface area contributed by atoms with Crippen molar-refractivity contribution in [3.05, 3.63) is 50.6 Å². The van der Waals surface area contributed by atoms with E-state index in [2.05, 4.69) is 40.4 Å². The third-order valence-corrected chi connectivity index (χ3v) is 2.70. The van der Waals surface area contributed by atoms with Gasteiger partial charge in [-0.3, -0.25) is 0 Å². The number of imide groups is 1. The summed E-state index contributed by atoms with van der Waals surface area (Å²) >= 11 is 0. The van der Waals surface area contributed by atoms with E-state index in [9.17, 15) is 9.59 Å². The standard InChI is InChI=1S/C8H12NO2.C8H16N.ClH/c1-5-7(10)9(3,4)8(11)6-2;1-5-7-9(3,4)8-6-2;/h5-6H,1-2H2,3-4H3;5-6H,1-2,7-8H2,3-4H3;1H/q2*+1;. The molecule has 21 heavy (non-hydrogen) atoms. The molecule has 0 aliphatic rings. The van der Waals surface area contributed by atoms with Crippen molar-refractivity contribution in [3.63, 3.8) is 0 Å². The molecule has 0 aliphatic carbocycles. The van der Waals surface area contributed by atoms with Crippen LogP contribution >= 0.6 is 12.4 Å². The molecule has 0 saturated heterocycles. The number of likely N-dealkylation sites (N-methyl/N-ethyl adjacent to an activating group) is 2. The van der Waals surface area contributed by atoms with Gasteiger partial charge in [0.15, 0.2) is 0 Å². The molecular formula is C16H29ClN2O2+2. The number of amides is 2. The Kier molecular flexibility index (Phi) is 13.1. The lowest BCUT2D eigenvalue weighted by molar-refractivity contribution is -0.878. The van der Waals surface area contributed by atoms with Crippen molar-refractivity contribution in [2.45, 2.75) is 0 Å². The predicted molar refractivity (Wildman–Crippen MR) is 92.0 cm³/mol. The van der Waals surface area contributed by atoms with Crippen molar-refractivity contribution in [1.29, 1.82) is 0 Å². The van der Waals surface area contributed by atoms with Crippen molar-refractivity contribution in [2.75, 3.05) is 41.3 Å². The van der Waals surface area contributed by atoms with E-state index < -0.39 is 0 Å².